The van der Waals surface area contributed by atoms with Crippen molar-refractivity contribution in [2.45, 2.75) is 6.92 Å². The van der Waals surface area contributed by atoms with E-state index in [1.54, 1.807) is 31.4 Å². The molecule has 9 heteroatoms. The molecule has 0 aromatic heterocycles. The van der Waals surface area contributed by atoms with Crippen molar-refractivity contribution < 1.29 is 19.0 Å². The van der Waals surface area contributed by atoms with Gasteiger partial charge in [-0.3, -0.25) is 10.2 Å². The van der Waals surface area contributed by atoms with Crippen LogP contribution in [0.3, 0.4) is 0 Å². The minimum Gasteiger partial charge on any atom is -0.493 e. The number of aryl methyl sites for hydroxylation is 1. The van der Waals surface area contributed by atoms with E-state index in [-0.39, 0.29) is 11.4 Å². The molecule has 0 unspecified atom stereocenters. The summed E-state index contributed by atoms with van der Waals surface area (Å²) in [6.45, 7) is 2.73. The summed E-state index contributed by atoms with van der Waals surface area (Å²) in [7, 11) is 1.55. The number of ether oxygens (including phenoxy) is 3. The van der Waals surface area contributed by atoms with Crippen molar-refractivity contribution >= 4 is 39.8 Å². The fourth-order valence-corrected chi connectivity index (χ4v) is 4.59. The van der Waals surface area contributed by atoms with E-state index in [1.165, 1.54) is 16.8 Å². The summed E-state index contributed by atoms with van der Waals surface area (Å²) in [5, 5.41) is 15.6. The van der Waals surface area contributed by atoms with Crippen LogP contribution in [0.1, 0.15) is 16.7 Å². The molecule has 0 aliphatic carbocycles. The summed E-state index contributed by atoms with van der Waals surface area (Å²) in [5.74, 6) is 1.32. The molecular formula is C28H24N4O4S. The maximum absolute atomic E-state index is 12.8. The van der Waals surface area contributed by atoms with E-state index in [0.717, 1.165) is 16.9 Å². The summed E-state index contributed by atoms with van der Waals surface area (Å²) in [5.41, 5.74) is 2.87. The molecule has 0 fully saturated rings. The number of carbonyl (C=O) groups is 1. The number of methoxy groups -OCH3 is 1. The van der Waals surface area contributed by atoms with E-state index >= 15 is 0 Å². The van der Waals surface area contributed by atoms with Crippen LogP contribution in [0, 0.1) is 12.3 Å². The average Bonchev–Trinajstić information content (AvgIpc) is 3.34. The maximum Gasteiger partial charge on any atom is 0.283 e. The van der Waals surface area contributed by atoms with Gasteiger partial charge in [0.15, 0.2) is 17.3 Å². The van der Waals surface area contributed by atoms with Crippen molar-refractivity contribution in [3.63, 3.8) is 0 Å². The number of rotatable bonds is 8. The predicted octanol–water partition coefficient (Wildman–Crippen LogP) is 5.13. The third-order valence-corrected chi connectivity index (χ3v) is 6.56. The number of hydrogen-bond acceptors (Lipinski definition) is 7. The molecule has 0 atom stereocenters. The molecule has 0 saturated heterocycles. The second-order valence-corrected chi connectivity index (χ2v) is 9.17. The van der Waals surface area contributed by atoms with Crippen LogP contribution in [0.5, 0.6) is 17.2 Å². The van der Waals surface area contributed by atoms with E-state index in [9.17, 15) is 4.79 Å². The summed E-state index contributed by atoms with van der Waals surface area (Å²) in [6, 6.07) is 22.7. The summed E-state index contributed by atoms with van der Waals surface area (Å²) >= 11 is 1.28. The highest BCUT2D eigenvalue weighted by Crippen LogP contribution is 2.33. The first kappa shape index (κ1) is 24.3. The van der Waals surface area contributed by atoms with E-state index in [0.29, 0.717) is 40.5 Å². The van der Waals surface area contributed by atoms with Gasteiger partial charge in [0.1, 0.15) is 24.0 Å². The maximum atomic E-state index is 12.8. The molecule has 0 bridgehead atoms. The molecule has 3 aromatic rings. The topological polar surface area (TPSA) is 96.6 Å². The first-order valence-electron chi connectivity index (χ1n) is 11.6. The van der Waals surface area contributed by atoms with Gasteiger partial charge in [0, 0.05) is 5.56 Å². The Morgan fingerprint density at radius 2 is 1.73 bits per heavy atom. The minimum absolute atomic E-state index is 0.0260. The van der Waals surface area contributed by atoms with Crippen molar-refractivity contribution in [1.29, 1.82) is 5.41 Å². The molecule has 2 aliphatic rings. The zero-order valence-corrected chi connectivity index (χ0v) is 21.1. The molecule has 0 saturated carbocycles. The molecule has 1 amide bonds. The number of thioether (sulfide) groups is 1. The standard InChI is InChI=1S/C28H24N4O4S/c1-18-8-11-20(12-9-18)27-31-32-25(29)22(26(33)30-28(32)37-27)16-19-10-13-23(24(17-19)34-2)36-15-14-35-21-6-4-3-5-7-21/h3-13,16-17,29H,14-15H2,1-2H3/b22-16+,29-25?. The second-order valence-electron chi connectivity index (χ2n) is 8.21. The molecule has 3 aromatic carbocycles. The highest BCUT2D eigenvalue weighted by atomic mass is 32.2. The normalized spacial score (nSPS) is 15.8. The van der Waals surface area contributed by atoms with Gasteiger partial charge in [-0.15, -0.1) is 0 Å². The van der Waals surface area contributed by atoms with Crippen LogP contribution in [-0.4, -0.2) is 47.3 Å². The van der Waals surface area contributed by atoms with Gasteiger partial charge >= 0.3 is 0 Å². The van der Waals surface area contributed by atoms with Gasteiger partial charge < -0.3 is 14.2 Å². The number of amidine groups is 2. The van der Waals surface area contributed by atoms with Crippen molar-refractivity contribution in [3.8, 4) is 17.2 Å². The van der Waals surface area contributed by atoms with Crippen LogP contribution in [0.25, 0.3) is 6.08 Å². The van der Waals surface area contributed by atoms with Gasteiger partial charge in [-0.25, -0.2) is 0 Å². The highest BCUT2D eigenvalue weighted by molar-refractivity contribution is 8.27. The lowest BCUT2D eigenvalue weighted by atomic mass is 10.1. The zero-order chi connectivity index (χ0) is 25.8. The Bertz CT molecular complexity index is 1430. The molecule has 0 radical (unpaired) electrons. The molecule has 37 heavy (non-hydrogen) atoms. The molecule has 5 rings (SSSR count). The molecule has 2 aliphatic heterocycles. The summed E-state index contributed by atoms with van der Waals surface area (Å²) in [6.07, 6.45) is 1.61. The number of hydrazone groups is 1. The largest absolute Gasteiger partial charge is 0.493 e. The lowest BCUT2D eigenvalue weighted by molar-refractivity contribution is -0.114. The lowest BCUT2D eigenvalue weighted by Gasteiger charge is -2.20. The molecule has 186 valence electrons. The first-order chi connectivity index (χ1) is 18.0. The SMILES string of the molecule is COc1cc(/C=C2\C(=N)N3N=C(c4ccc(C)cc4)SC3=NC2=O)ccc1OCCOc1ccccc1. The minimum atomic E-state index is -0.485. The number of nitrogens with one attached hydrogen (secondary N) is 1. The van der Waals surface area contributed by atoms with Crippen LogP contribution >= 0.6 is 11.8 Å². The quantitative estimate of drug-likeness (QED) is 0.332. The number of nitrogens with zero attached hydrogens (tertiary/aromatic N) is 3. The number of amides is 1. The predicted molar refractivity (Wildman–Crippen MR) is 146 cm³/mol. The Morgan fingerprint density at radius 3 is 2.49 bits per heavy atom. The van der Waals surface area contributed by atoms with Gasteiger partial charge in [0.05, 0.1) is 12.7 Å². The van der Waals surface area contributed by atoms with Crippen LogP contribution < -0.4 is 14.2 Å². The molecule has 1 N–H and O–H groups in total. The van der Waals surface area contributed by atoms with Gasteiger partial charge in [0.2, 0.25) is 5.17 Å². The van der Waals surface area contributed by atoms with E-state index in [4.69, 9.17) is 19.6 Å². The Balaban J connectivity index is 1.29. The third kappa shape index (κ3) is 5.41. The van der Waals surface area contributed by atoms with Gasteiger partial charge in [0.25, 0.3) is 5.91 Å². The summed E-state index contributed by atoms with van der Waals surface area (Å²) in [4.78, 5) is 17.0. The molecule has 2 heterocycles. The molecule has 0 spiro atoms. The Kier molecular flexibility index (Phi) is 7.04. The second kappa shape index (κ2) is 10.7. The van der Waals surface area contributed by atoms with Crippen molar-refractivity contribution in [3.05, 3.63) is 95.1 Å². The highest BCUT2D eigenvalue weighted by Gasteiger charge is 2.36. The average molecular weight is 513 g/mol. The van der Waals surface area contributed by atoms with Crippen molar-refractivity contribution in [1.82, 2.24) is 5.01 Å². The number of fused-ring (bicyclic) bond motifs is 1. The van der Waals surface area contributed by atoms with Crippen LogP contribution in [-0.2, 0) is 4.79 Å². The monoisotopic (exact) mass is 512 g/mol. The molecular weight excluding hydrogens is 488 g/mol. The Morgan fingerprint density at radius 1 is 0.973 bits per heavy atom. The van der Waals surface area contributed by atoms with E-state index in [1.807, 2.05) is 61.5 Å². The van der Waals surface area contributed by atoms with Crippen molar-refractivity contribution in [2.75, 3.05) is 20.3 Å². The number of para-hydroxylation sites is 1. The molecule has 8 nitrogen and oxygen atoms in total. The van der Waals surface area contributed by atoms with Crippen LogP contribution in [0.15, 0.2) is 88.5 Å². The van der Waals surface area contributed by atoms with Gasteiger partial charge in [-0.2, -0.15) is 15.1 Å². The smallest absolute Gasteiger partial charge is 0.283 e. The lowest BCUT2D eigenvalue weighted by Crippen LogP contribution is -2.35. The Hall–Kier alpha value is -4.37. The van der Waals surface area contributed by atoms with Gasteiger partial charge in [-0.05, 0) is 54.6 Å². The fourth-order valence-electron chi connectivity index (χ4n) is 3.69. The van der Waals surface area contributed by atoms with Crippen LogP contribution in [0.4, 0.5) is 0 Å². The third-order valence-electron chi connectivity index (χ3n) is 5.60. The number of benzene rings is 3. The van der Waals surface area contributed by atoms with Crippen LogP contribution in [0.2, 0.25) is 0 Å². The number of aliphatic imine (C=N–C) groups is 1. The fraction of sp³-hybridized carbons (Fsp3) is 0.143. The number of carbonyl (C=O) groups excluding carboxylic acids is 1. The summed E-state index contributed by atoms with van der Waals surface area (Å²) < 4.78 is 17.0. The zero-order valence-electron chi connectivity index (χ0n) is 20.3. The number of hydrogen-bond donors (Lipinski definition) is 1. The Labute approximate surface area is 218 Å². The van der Waals surface area contributed by atoms with Gasteiger partial charge in [-0.1, -0.05) is 54.1 Å². The van der Waals surface area contributed by atoms with E-state index in [2.05, 4.69) is 10.1 Å². The first-order valence-corrected chi connectivity index (χ1v) is 12.4. The van der Waals surface area contributed by atoms with E-state index < -0.39 is 5.91 Å². The van der Waals surface area contributed by atoms with Crippen molar-refractivity contribution in [2.24, 2.45) is 10.1 Å².